The van der Waals surface area contributed by atoms with Gasteiger partial charge in [0.15, 0.2) is 0 Å². The van der Waals surface area contributed by atoms with Crippen LogP contribution in [-0.4, -0.2) is 15.2 Å². The van der Waals surface area contributed by atoms with Gasteiger partial charge in [0, 0.05) is 44.2 Å². The van der Waals surface area contributed by atoms with Gasteiger partial charge in [-0.15, -0.1) is 0 Å². The Hall–Kier alpha value is -6.82. The molecule has 6 aromatic carbocycles. The lowest BCUT2D eigenvalue weighted by atomic mass is 9.85. The van der Waals surface area contributed by atoms with Gasteiger partial charge in [0.25, 0.3) is 0 Å². The Labute approximate surface area is 282 Å². The number of rotatable bonds is 3. The van der Waals surface area contributed by atoms with E-state index < -0.39 is 0 Å². The highest BCUT2D eigenvalue weighted by Crippen LogP contribution is 2.50. The van der Waals surface area contributed by atoms with Gasteiger partial charge in [-0.25, -0.2) is 0 Å². The van der Waals surface area contributed by atoms with E-state index in [0.29, 0.717) is 11.1 Å². The maximum Gasteiger partial charge on any atom is 0.130 e. The fourth-order valence-electron chi connectivity index (χ4n) is 8.05. The Bertz CT molecular complexity index is 2790. The summed E-state index contributed by atoms with van der Waals surface area (Å²) in [7, 11) is 0. The van der Waals surface area contributed by atoms with Crippen molar-refractivity contribution >= 4 is 38.8 Å². The van der Waals surface area contributed by atoms with Crippen molar-refractivity contribution in [2.45, 2.75) is 12.0 Å². The molecule has 5 nitrogen and oxygen atoms in total. The molecule has 0 N–H and O–H groups in total. The molecule has 0 spiro atoms. The van der Waals surface area contributed by atoms with Crippen molar-refractivity contribution in [2.24, 2.45) is 0 Å². The van der Waals surface area contributed by atoms with Crippen LogP contribution in [0.2, 0.25) is 0 Å². The lowest BCUT2D eigenvalue weighted by Crippen LogP contribution is -2.22. The van der Waals surface area contributed by atoms with Gasteiger partial charge < -0.3 is 13.9 Å². The molecule has 1 aliphatic heterocycles. The number of hydrogen-bond donors (Lipinski definition) is 0. The summed E-state index contributed by atoms with van der Waals surface area (Å²) < 4.78 is 11.1. The average Bonchev–Trinajstić information content (AvgIpc) is 3.82. The van der Waals surface area contributed by atoms with Gasteiger partial charge in [-0.2, -0.15) is 10.5 Å². The van der Waals surface area contributed by atoms with Crippen LogP contribution in [0.15, 0.2) is 140 Å². The van der Waals surface area contributed by atoms with Crippen molar-refractivity contribution in [1.29, 1.82) is 10.5 Å². The molecule has 49 heavy (non-hydrogen) atoms. The highest BCUT2D eigenvalue weighted by atomic mass is 16.5. The second-order valence-corrected chi connectivity index (χ2v) is 12.7. The predicted molar refractivity (Wildman–Crippen MR) is 194 cm³/mol. The molecular formula is C44H26N4O. The Balaban J connectivity index is 1.25. The molecule has 0 saturated carbocycles. The van der Waals surface area contributed by atoms with E-state index in [1.165, 1.54) is 16.8 Å². The normalized spacial score (nSPS) is 15.8. The first-order chi connectivity index (χ1) is 24.2. The van der Waals surface area contributed by atoms with E-state index in [1.807, 2.05) is 48.5 Å². The molecule has 2 atom stereocenters. The number of para-hydroxylation sites is 3. The van der Waals surface area contributed by atoms with Crippen LogP contribution >= 0.6 is 0 Å². The van der Waals surface area contributed by atoms with Crippen LogP contribution in [0, 0.1) is 22.7 Å². The van der Waals surface area contributed by atoms with E-state index in [4.69, 9.17) is 4.74 Å². The molecule has 10 rings (SSSR count). The zero-order valence-electron chi connectivity index (χ0n) is 26.2. The number of benzene rings is 6. The third-order valence-electron chi connectivity index (χ3n) is 10.1. The van der Waals surface area contributed by atoms with E-state index in [2.05, 4.69) is 118 Å². The molecule has 0 bridgehead atoms. The van der Waals surface area contributed by atoms with Gasteiger partial charge in [-0.1, -0.05) is 72.8 Å². The van der Waals surface area contributed by atoms with Crippen molar-refractivity contribution < 1.29 is 4.74 Å². The van der Waals surface area contributed by atoms with Gasteiger partial charge in [-0.3, -0.25) is 0 Å². The largest absolute Gasteiger partial charge is 0.485 e. The van der Waals surface area contributed by atoms with Crippen LogP contribution in [0.5, 0.6) is 5.75 Å². The lowest BCUT2D eigenvalue weighted by Gasteiger charge is -2.23. The van der Waals surface area contributed by atoms with Gasteiger partial charge in [0.05, 0.1) is 51.4 Å². The number of ether oxygens (including phenoxy) is 1. The van der Waals surface area contributed by atoms with Crippen molar-refractivity contribution in [2.75, 3.05) is 0 Å². The van der Waals surface area contributed by atoms with E-state index in [0.717, 1.165) is 61.0 Å². The van der Waals surface area contributed by atoms with Crippen LogP contribution in [0.3, 0.4) is 0 Å². The summed E-state index contributed by atoms with van der Waals surface area (Å²) >= 11 is 0. The summed E-state index contributed by atoms with van der Waals surface area (Å²) in [5.74, 6) is 1.00. The quantitative estimate of drug-likeness (QED) is 0.196. The van der Waals surface area contributed by atoms with Crippen LogP contribution in [0.4, 0.5) is 0 Å². The molecule has 0 radical (unpaired) electrons. The van der Waals surface area contributed by atoms with E-state index in [1.54, 1.807) is 0 Å². The fraction of sp³-hybridized carbons (Fsp3) is 0.0455. The number of nitrogens with zero attached hydrogens (tertiary/aromatic N) is 4. The van der Waals surface area contributed by atoms with Crippen LogP contribution in [0.1, 0.15) is 33.9 Å². The summed E-state index contributed by atoms with van der Waals surface area (Å²) in [5, 5.41) is 22.9. The molecule has 0 amide bonds. The highest BCUT2D eigenvalue weighted by molar-refractivity contribution is 6.10. The molecule has 8 aromatic rings. The number of hydrogen-bond acceptors (Lipinski definition) is 3. The number of nitriles is 2. The first-order valence-electron chi connectivity index (χ1n) is 16.4. The minimum absolute atomic E-state index is 0.0635. The minimum atomic E-state index is -0.0712. The molecular weight excluding hydrogens is 601 g/mol. The first kappa shape index (κ1) is 27.3. The molecule has 2 aromatic heterocycles. The molecule has 2 aliphatic rings. The average molecular weight is 627 g/mol. The van der Waals surface area contributed by atoms with E-state index in [9.17, 15) is 10.5 Å². The second-order valence-electron chi connectivity index (χ2n) is 12.7. The van der Waals surface area contributed by atoms with Gasteiger partial charge in [0.2, 0.25) is 0 Å². The zero-order valence-corrected chi connectivity index (χ0v) is 26.2. The minimum Gasteiger partial charge on any atom is -0.485 e. The molecule has 1 aliphatic carbocycles. The first-order valence-corrected chi connectivity index (χ1v) is 16.4. The SMILES string of the molecule is N#Cc1ccc(-c2ccc3c(c2)c2c(n3-c3ccccc3)C3c4ccccc4OC3C=C2)c(-n2c3ccccc3c3cc(C#N)ccc32)c1. The molecule has 0 fully saturated rings. The monoisotopic (exact) mass is 626 g/mol. The third kappa shape index (κ3) is 3.91. The van der Waals surface area contributed by atoms with Crippen LogP contribution in [0.25, 0.3) is 61.3 Å². The van der Waals surface area contributed by atoms with Crippen molar-refractivity contribution in [3.05, 3.63) is 167 Å². The summed E-state index contributed by atoms with van der Waals surface area (Å²) in [5.41, 5.74) is 12.1. The smallest absolute Gasteiger partial charge is 0.130 e. The Morgan fingerprint density at radius 2 is 1.31 bits per heavy atom. The number of fused-ring (bicyclic) bond motifs is 10. The van der Waals surface area contributed by atoms with Crippen LogP contribution in [-0.2, 0) is 0 Å². The van der Waals surface area contributed by atoms with Crippen LogP contribution < -0.4 is 4.74 Å². The Kier molecular flexibility index (Phi) is 5.76. The molecule has 2 unspecified atom stereocenters. The molecule has 5 heteroatoms. The van der Waals surface area contributed by atoms with Crippen molar-refractivity contribution in [3.8, 4) is 40.4 Å². The van der Waals surface area contributed by atoms with E-state index in [-0.39, 0.29) is 12.0 Å². The van der Waals surface area contributed by atoms with E-state index >= 15 is 0 Å². The van der Waals surface area contributed by atoms with Crippen molar-refractivity contribution in [1.82, 2.24) is 9.13 Å². The highest BCUT2D eigenvalue weighted by Gasteiger charge is 2.40. The maximum absolute atomic E-state index is 10.0. The van der Waals surface area contributed by atoms with Gasteiger partial charge >= 0.3 is 0 Å². The summed E-state index contributed by atoms with van der Waals surface area (Å²) in [6.07, 6.45) is 4.36. The Morgan fingerprint density at radius 3 is 2.18 bits per heavy atom. The molecule has 0 saturated heterocycles. The fourth-order valence-corrected chi connectivity index (χ4v) is 8.05. The zero-order chi connectivity index (χ0) is 32.6. The Morgan fingerprint density at radius 1 is 0.592 bits per heavy atom. The second kappa shape index (κ2) is 10.3. The van der Waals surface area contributed by atoms with Gasteiger partial charge in [0.1, 0.15) is 11.9 Å². The standard InChI is InChI=1S/C44H26N4O/c45-25-27-15-19-39-35(22-27)32-10-4-6-12-37(32)48(39)40-23-28(26-46)14-17-31(40)29-16-20-38-36(24-29)33-18-21-42-43(34-11-5-7-13-41(34)49-42)44(33)47(38)30-8-2-1-3-9-30/h1-24,42-43H. The molecule has 3 heterocycles. The van der Waals surface area contributed by atoms with Crippen molar-refractivity contribution in [3.63, 3.8) is 0 Å². The predicted octanol–water partition coefficient (Wildman–Crippen LogP) is 10.1. The summed E-state index contributed by atoms with van der Waals surface area (Å²) in [6.45, 7) is 0. The third-order valence-corrected chi connectivity index (χ3v) is 10.1. The summed E-state index contributed by atoms with van der Waals surface area (Å²) in [4.78, 5) is 0. The lowest BCUT2D eigenvalue weighted by molar-refractivity contribution is 0.265. The number of aromatic nitrogens is 2. The summed E-state index contributed by atoms with van der Waals surface area (Å²) in [6, 6.07) is 50.4. The topological polar surface area (TPSA) is 66.7 Å². The van der Waals surface area contributed by atoms with Gasteiger partial charge in [-0.05, 0) is 78.4 Å². The maximum atomic E-state index is 10.0. The molecule has 228 valence electrons.